The molecule has 3 rings (SSSR count). The molecule has 0 atom stereocenters. The zero-order chi connectivity index (χ0) is 24.0. The number of carbonyl (C=O) groups excluding carboxylic acids is 1. The Labute approximate surface area is 196 Å². The van der Waals surface area contributed by atoms with E-state index in [2.05, 4.69) is 10.5 Å². The van der Waals surface area contributed by atoms with Crippen molar-refractivity contribution in [2.45, 2.75) is 11.8 Å². The van der Waals surface area contributed by atoms with Gasteiger partial charge in [0.1, 0.15) is 18.1 Å². The second-order valence-corrected chi connectivity index (χ2v) is 9.22. The van der Waals surface area contributed by atoms with E-state index in [1.54, 1.807) is 24.3 Å². The van der Waals surface area contributed by atoms with Crippen molar-refractivity contribution < 1.29 is 22.3 Å². The Kier molecular flexibility index (Phi) is 7.67. The van der Waals surface area contributed by atoms with Crippen molar-refractivity contribution in [3.63, 3.8) is 0 Å². The molecule has 0 aromatic heterocycles. The lowest BCUT2D eigenvalue weighted by atomic mass is 10.2. The molecule has 0 fully saturated rings. The highest BCUT2D eigenvalue weighted by Gasteiger charge is 2.27. The van der Waals surface area contributed by atoms with Gasteiger partial charge >= 0.3 is 0 Å². The standard InChI is InChI=1S/C23H21ClFN3O4S/c1-16-6-8-17(9-7-16)28(33(30,31)19-12-10-18(32-2)11-13-19)15-23(29)27-26-14-20-21(24)4-3-5-22(20)25/h3-14H,15H2,1-2H3,(H,27,29)/b26-14-. The molecule has 0 bridgehead atoms. The van der Waals surface area contributed by atoms with Gasteiger partial charge in [-0.1, -0.05) is 35.4 Å². The predicted molar refractivity (Wildman–Crippen MR) is 126 cm³/mol. The van der Waals surface area contributed by atoms with Gasteiger partial charge in [-0.25, -0.2) is 18.2 Å². The van der Waals surface area contributed by atoms with Crippen molar-refractivity contribution in [1.29, 1.82) is 0 Å². The van der Waals surface area contributed by atoms with E-state index in [4.69, 9.17) is 16.3 Å². The van der Waals surface area contributed by atoms with Crippen LogP contribution < -0.4 is 14.5 Å². The number of halogens is 2. The first-order valence-electron chi connectivity index (χ1n) is 9.72. The average Bonchev–Trinajstić information content (AvgIpc) is 2.80. The number of ether oxygens (including phenoxy) is 1. The summed E-state index contributed by atoms with van der Waals surface area (Å²) in [4.78, 5) is 12.5. The highest BCUT2D eigenvalue weighted by atomic mass is 35.5. The van der Waals surface area contributed by atoms with Gasteiger partial charge in [0.05, 0.1) is 28.9 Å². The second kappa shape index (κ2) is 10.5. The van der Waals surface area contributed by atoms with Gasteiger partial charge in [0.15, 0.2) is 0 Å². The lowest BCUT2D eigenvalue weighted by Crippen LogP contribution is -2.39. The Morgan fingerprint density at radius 3 is 2.39 bits per heavy atom. The number of hydrazone groups is 1. The average molecular weight is 490 g/mol. The fourth-order valence-corrected chi connectivity index (χ4v) is 4.50. The maximum absolute atomic E-state index is 13.9. The van der Waals surface area contributed by atoms with Crippen LogP contribution in [0.3, 0.4) is 0 Å². The number of benzene rings is 3. The lowest BCUT2D eigenvalue weighted by Gasteiger charge is -2.24. The molecule has 3 aromatic rings. The summed E-state index contributed by atoms with van der Waals surface area (Å²) in [5.41, 5.74) is 3.44. The molecule has 0 saturated carbocycles. The van der Waals surface area contributed by atoms with Gasteiger partial charge in [-0.2, -0.15) is 5.10 Å². The Morgan fingerprint density at radius 1 is 1.12 bits per heavy atom. The largest absolute Gasteiger partial charge is 0.497 e. The molecular weight excluding hydrogens is 469 g/mol. The summed E-state index contributed by atoms with van der Waals surface area (Å²) in [5, 5.41) is 3.84. The molecule has 0 unspecified atom stereocenters. The molecule has 172 valence electrons. The number of nitrogens with one attached hydrogen (secondary N) is 1. The zero-order valence-corrected chi connectivity index (χ0v) is 19.4. The van der Waals surface area contributed by atoms with E-state index in [1.807, 2.05) is 6.92 Å². The number of rotatable bonds is 8. The molecule has 1 amide bonds. The van der Waals surface area contributed by atoms with Crippen molar-refractivity contribution in [2.75, 3.05) is 18.0 Å². The molecule has 0 aliphatic rings. The minimum Gasteiger partial charge on any atom is -0.497 e. The van der Waals surface area contributed by atoms with Crippen molar-refractivity contribution in [1.82, 2.24) is 5.43 Å². The molecule has 1 N–H and O–H groups in total. The van der Waals surface area contributed by atoms with Gasteiger partial charge in [-0.3, -0.25) is 9.10 Å². The maximum Gasteiger partial charge on any atom is 0.264 e. The lowest BCUT2D eigenvalue weighted by molar-refractivity contribution is -0.119. The third-order valence-electron chi connectivity index (χ3n) is 4.64. The van der Waals surface area contributed by atoms with Gasteiger partial charge in [0, 0.05) is 5.56 Å². The van der Waals surface area contributed by atoms with Crippen LogP contribution in [0.5, 0.6) is 5.75 Å². The molecule has 0 aliphatic carbocycles. The molecule has 7 nitrogen and oxygen atoms in total. The summed E-state index contributed by atoms with van der Waals surface area (Å²) in [7, 11) is -2.62. The third-order valence-corrected chi connectivity index (χ3v) is 6.76. The highest BCUT2D eigenvalue weighted by Crippen LogP contribution is 2.25. The van der Waals surface area contributed by atoms with Gasteiger partial charge in [-0.05, 0) is 55.5 Å². The minimum atomic E-state index is -4.09. The van der Waals surface area contributed by atoms with Crippen LogP contribution in [0, 0.1) is 12.7 Å². The van der Waals surface area contributed by atoms with Gasteiger partial charge in [-0.15, -0.1) is 0 Å². The number of aryl methyl sites for hydroxylation is 1. The van der Waals surface area contributed by atoms with Gasteiger partial charge in [0.2, 0.25) is 0 Å². The molecule has 0 heterocycles. The number of carbonyl (C=O) groups is 1. The number of hydrogen-bond acceptors (Lipinski definition) is 5. The predicted octanol–water partition coefficient (Wildman–Crippen LogP) is 4.14. The smallest absolute Gasteiger partial charge is 0.264 e. The Bertz CT molecular complexity index is 1240. The van der Waals surface area contributed by atoms with Crippen LogP contribution in [0.4, 0.5) is 10.1 Å². The molecule has 0 radical (unpaired) electrons. The third kappa shape index (κ3) is 5.88. The van der Waals surface area contributed by atoms with Crippen molar-refractivity contribution in [2.24, 2.45) is 5.10 Å². The molecular formula is C23H21ClFN3O4S. The number of amides is 1. The van der Waals surface area contributed by atoms with Crippen LogP contribution in [0.25, 0.3) is 0 Å². The van der Waals surface area contributed by atoms with Crippen LogP contribution in [0.1, 0.15) is 11.1 Å². The zero-order valence-electron chi connectivity index (χ0n) is 17.8. The summed E-state index contributed by atoms with van der Waals surface area (Å²) in [6.45, 7) is 1.31. The van der Waals surface area contributed by atoms with E-state index in [9.17, 15) is 17.6 Å². The molecule has 0 saturated heterocycles. The van der Waals surface area contributed by atoms with Crippen LogP contribution in [-0.2, 0) is 14.8 Å². The minimum absolute atomic E-state index is 0.000659. The first-order chi connectivity index (χ1) is 15.7. The molecule has 3 aromatic carbocycles. The molecule has 0 spiro atoms. The van der Waals surface area contributed by atoms with Crippen molar-refractivity contribution in [3.05, 3.63) is 88.7 Å². The van der Waals surface area contributed by atoms with Gasteiger partial charge < -0.3 is 4.74 Å². The monoisotopic (exact) mass is 489 g/mol. The SMILES string of the molecule is COc1ccc(S(=O)(=O)N(CC(=O)N/N=C\c2c(F)cccc2Cl)c2ccc(C)cc2)cc1. The topological polar surface area (TPSA) is 88.1 Å². The Hall–Kier alpha value is -3.43. The highest BCUT2D eigenvalue weighted by molar-refractivity contribution is 7.92. The summed E-state index contributed by atoms with van der Waals surface area (Å²) < 4.78 is 46.6. The first kappa shape index (κ1) is 24.2. The Balaban J connectivity index is 1.86. The van der Waals surface area contributed by atoms with E-state index in [1.165, 1.54) is 49.6 Å². The number of sulfonamides is 1. The summed E-state index contributed by atoms with van der Waals surface area (Å²) in [5.74, 6) is -0.838. The number of methoxy groups -OCH3 is 1. The normalized spacial score (nSPS) is 11.4. The first-order valence-corrected chi connectivity index (χ1v) is 11.5. The number of anilines is 1. The summed E-state index contributed by atoms with van der Waals surface area (Å²) >= 11 is 5.93. The summed E-state index contributed by atoms with van der Waals surface area (Å²) in [6, 6.07) is 16.6. The van der Waals surface area contributed by atoms with Crippen LogP contribution in [0.2, 0.25) is 5.02 Å². The number of nitrogens with zero attached hydrogens (tertiary/aromatic N) is 2. The van der Waals surface area contributed by atoms with Crippen LogP contribution >= 0.6 is 11.6 Å². The molecule has 10 heteroatoms. The fraction of sp³-hybridized carbons (Fsp3) is 0.130. The fourth-order valence-electron chi connectivity index (χ4n) is 2.87. The van der Waals surface area contributed by atoms with Crippen LogP contribution in [-0.4, -0.2) is 34.2 Å². The van der Waals surface area contributed by atoms with Crippen LogP contribution in [0.15, 0.2) is 76.7 Å². The second-order valence-electron chi connectivity index (χ2n) is 6.95. The Morgan fingerprint density at radius 2 is 1.79 bits per heavy atom. The van der Waals surface area contributed by atoms with Crippen molar-refractivity contribution in [3.8, 4) is 5.75 Å². The van der Waals surface area contributed by atoms with Crippen molar-refractivity contribution >= 4 is 39.4 Å². The number of hydrogen-bond donors (Lipinski definition) is 1. The molecule has 0 aliphatic heterocycles. The maximum atomic E-state index is 13.9. The molecule has 33 heavy (non-hydrogen) atoms. The van der Waals surface area contributed by atoms with E-state index >= 15 is 0 Å². The summed E-state index contributed by atoms with van der Waals surface area (Å²) in [6.07, 6.45) is 1.06. The van der Waals surface area contributed by atoms with E-state index in [-0.39, 0.29) is 15.5 Å². The van der Waals surface area contributed by atoms with E-state index < -0.39 is 28.3 Å². The quantitative estimate of drug-likeness (QED) is 0.380. The van der Waals surface area contributed by atoms with E-state index in [0.29, 0.717) is 11.4 Å². The van der Waals surface area contributed by atoms with E-state index in [0.717, 1.165) is 16.1 Å². The van der Waals surface area contributed by atoms with Gasteiger partial charge in [0.25, 0.3) is 15.9 Å².